The van der Waals surface area contributed by atoms with Crippen LogP contribution in [0, 0.1) is 0 Å². The van der Waals surface area contributed by atoms with Gasteiger partial charge in [-0.25, -0.2) is 4.79 Å². The van der Waals surface area contributed by atoms with E-state index in [-0.39, 0.29) is 24.8 Å². The number of nitrogens with one attached hydrogen (secondary N) is 1. The number of methoxy groups -OCH3 is 1. The number of amides is 2. The molecule has 0 unspecified atom stereocenters. The van der Waals surface area contributed by atoms with Crippen LogP contribution in [0.15, 0.2) is 18.2 Å². The molecule has 0 atom stereocenters. The van der Waals surface area contributed by atoms with Crippen LogP contribution in [0.3, 0.4) is 0 Å². The Morgan fingerprint density at radius 2 is 1.86 bits per heavy atom. The van der Waals surface area contributed by atoms with Gasteiger partial charge in [0.1, 0.15) is 12.1 Å². The second-order valence-corrected chi connectivity index (χ2v) is 7.23. The highest BCUT2D eigenvalue weighted by Crippen LogP contribution is 2.23. The lowest BCUT2D eigenvalue weighted by Gasteiger charge is -2.30. The number of nitrogens with zero attached hydrogens (tertiary/aromatic N) is 1. The SMILES string of the molecule is CC.COC(=O)Cc1cccc2c1CCN(C(=O)CNC(=O)OC(C)(C)C)C2. The van der Waals surface area contributed by atoms with Gasteiger partial charge < -0.3 is 19.7 Å². The Kier molecular flexibility index (Phi) is 8.96. The summed E-state index contributed by atoms with van der Waals surface area (Å²) in [5, 5.41) is 2.49. The van der Waals surface area contributed by atoms with Crippen molar-refractivity contribution in [2.45, 2.75) is 59.6 Å². The second kappa shape index (κ2) is 10.7. The zero-order valence-electron chi connectivity index (χ0n) is 17.8. The molecular formula is C21H32N2O5. The predicted octanol–water partition coefficient (Wildman–Crippen LogP) is 2.84. The number of fused-ring (bicyclic) bond motifs is 1. The average Bonchev–Trinajstić information content (AvgIpc) is 2.66. The van der Waals surface area contributed by atoms with Crippen molar-refractivity contribution in [3.63, 3.8) is 0 Å². The highest BCUT2D eigenvalue weighted by atomic mass is 16.6. The van der Waals surface area contributed by atoms with Gasteiger partial charge in [0.2, 0.25) is 5.91 Å². The first-order valence-corrected chi connectivity index (χ1v) is 9.60. The largest absolute Gasteiger partial charge is 0.469 e. The summed E-state index contributed by atoms with van der Waals surface area (Å²) in [7, 11) is 1.37. The summed E-state index contributed by atoms with van der Waals surface area (Å²) < 4.78 is 9.87. The van der Waals surface area contributed by atoms with Gasteiger partial charge in [0.25, 0.3) is 0 Å². The topological polar surface area (TPSA) is 84.9 Å². The molecule has 0 saturated heterocycles. The van der Waals surface area contributed by atoms with E-state index in [1.807, 2.05) is 32.0 Å². The number of carbonyl (C=O) groups is 3. The van der Waals surface area contributed by atoms with E-state index in [9.17, 15) is 14.4 Å². The fraction of sp³-hybridized carbons (Fsp3) is 0.571. The molecule has 0 aliphatic carbocycles. The standard InChI is InChI=1S/C19H26N2O5.C2H6/c1-19(2,3)26-18(24)20-11-16(22)21-9-8-15-13(10-17(23)25-4)6-5-7-14(15)12-21;1-2/h5-7H,8-12H2,1-4H3,(H,20,24);1-2H3. The van der Waals surface area contributed by atoms with Gasteiger partial charge in [-0.3, -0.25) is 9.59 Å². The Balaban J connectivity index is 0.00000190. The lowest BCUT2D eigenvalue weighted by Crippen LogP contribution is -2.43. The molecule has 1 aromatic rings. The molecule has 0 fully saturated rings. The molecule has 7 nitrogen and oxygen atoms in total. The van der Waals surface area contributed by atoms with E-state index in [1.165, 1.54) is 7.11 Å². The Hall–Kier alpha value is -2.57. The number of carbonyl (C=O) groups excluding carboxylic acids is 3. The monoisotopic (exact) mass is 392 g/mol. The van der Waals surface area contributed by atoms with Crippen LogP contribution < -0.4 is 5.32 Å². The van der Waals surface area contributed by atoms with Crippen molar-refractivity contribution in [2.24, 2.45) is 0 Å². The maximum absolute atomic E-state index is 12.4. The van der Waals surface area contributed by atoms with Gasteiger partial charge in [-0.2, -0.15) is 0 Å². The summed E-state index contributed by atoms with van der Waals surface area (Å²) in [6.07, 6.45) is 0.290. The zero-order valence-corrected chi connectivity index (χ0v) is 17.8. The number of alkyl carbamates (subject to hydrolysis) is 1. The number of esters is 1. The molecule has 2 rings (SSSR count). The number of rotatable bonds is 4. The van der Waals surface area contributed by atoms with Crippen molar-refractivity contribution in [1.29, 1.82) is 0 Å². The molecule has 1 heterocycles. The smallest absolute Gasteiger partial charge is 0.408 e. The third kappa shape index (κ3) is 7.21. The van der Waals surface area contributed by atoms with Crippen molar-refractivity contribution in [2.75, 3.05) is 20.2 Å². The lowest BCUT2D eigenvalue weighted by atomic mass is 9.93. The average molecular weight is 392 g/mol. The highest BCUT2D eigenvalue weighted by molar-refractivity contribution is 5.82. The van der Waals surface area contributed by atoms with E-state index >= 15 is 0 Å². The first-order chi connectivity index (χ1) is 13.2. The van der Waals surface area contributed by atoms with E-state index in [4.69, 9.17) is 9.47 Å². The molecule has 0 spiro atoms. The number of hydrogen-bond acceptors (Lipinski definition) is 5. The molecule has 0 radical (unpaired) electrons. The third-order valence-corrected chi connectivity index (χ3v) is 4.06. The quantitative estimate of drug-likeness (QED) is 0.797. The van der Waals surface area contributed by atoms with Crippen molar-refractivity contribution < 1.29 is 23.9 Å². The van der Waals surface area contributed by atoms with Gasteiger partial charge in [0.05, 0.1) is 13.5 Å². The third-order valence-electron chi connectivity index (χ3n) is 4.06. The highest BCUT2D eigenvalue weighted by Gasteiger charge is 2.24. The van der Waals surface area contributed by atoms with Crippen molar-refractivity contribution in [3.05, 3.63) is 34.9 Å². The van der Waals surface area contributed by atoms with Gasteiger partial charge >= 0.3 is 12.1 Å². The van der Waals surface area contributed by atoms with Crippen LogP contribution in [-0.4, -0.2) is 48.7 Å². The van der Waals surface area contributed by atoms with Crippen LogP contribution in [-0.2, 0) is 38.4 Å². The molecule has 7 heteroatoms. The molecule has 28 heavy (non-hydrogen) atoms. The Morgan fingerprint density at radius 3 is 2.46 bits per heavy atom. The maximum Gasteiger partial charge on any atom is 0.408 e. The summed E-state index contributed by atoms with van der Waals surface area (Å²) in [6, 6.07) is 5.75. The number of ether oxygens (including phenoxy) is 2. The molecular weight excluding hydrogens is 360 g/mol. The molecule has 0 aromatic heterocycles. The van der Waals surface area contributed by atoms with Gasteiger partial charge in [0.15, 0.2) is 0 Å². The van der Waals surface area contributed by atoms with Crippen LogP contribution in [0.5, 0.6) is 0 Å². The van der Waals surface area contributed by atoms with Gasteiger partial charge in [-0.1, -0.05) is 32.0 Å². The van der Waals surface area contributed by atoms with Gasteiger partial charge in [0, 0.05) is 13.1 Å². The molecule has 1 aliphatic rings. The first-order valence-electron chi connectivity index (χ1n) is 9.60. The minimum Gasteiger partial charge on any atom is -0.469 e. The minimum absolute atomic E-state index is 0.105. The summed E-state index contributed by atoms with van der Waals surface area (Å²) in [5.41, 5.74) is 2.45. The molecule has 1 N–H and O–H groups in total. The lowest BCUT2D eigenvalue weighted by molar-refractivity contribution is -0.139. The fourth-order valence-corrected chi connectivity index (χ4v) is 2.87. The second-order valence-electron chi connectivity index (χ2n) is 7.23. The fourth-order valence-electron chi connectivity index (χ4n) is 2.87. The summed E-state index contributed by atoms with van der Waals surface area (Å²) in [4.78, 5) is 37.3. The zero-order chi connectivity index (χ0) is 21.3. The van der Waals surface area contributed by atoms with E-state index in [2.05, 4.69) is 5.32 Å². The Bertz CT molecular complexity index is 695. The Labute approximate surface area is 167 Å². The first kappa shape index (κ1) is 23.5. The van der Waals surface area contributed by atoms with E-state index in [1.54, 1.807) is 25.7 Å². The molecule has 0 saturated carbocycles. The van der Waals surface area contributed by atoms with Crippen LogP contribution >= 0.6 is 0 Å². The van der Waals surface area contributed by atoms with Gasteiger partial charge in [-0.15, -0.1) is 0 Å². The maximum atomic E-state index is 12.4. The Morgan fingerprint density at radius 1 is 1.18 bits per heavy atom. The van der Waals surface area contributed by atoms with E-state index in [0.717, 1.165) is 16.7 Å². The number of benzene rings is 1. The number of hydrogen-bond donors (Lipinski definition) is 1. The summed E-state index contributed by atoms with van der Waals surface area (Å²) in [6.45, 7) is 10.2. The summed E-state index contributed by atoms with van der Waals surface area (Å²) >= 11 is 0. The van der Waals surface area contributed by atoms with Crippen LogP contribution in [0.25, 0.3) is 0 Å². The predicted molar refractivity (Wildman–Crippen MR) is 107 cm³/mol. The minimum atomic E-state index is -0.608. The summed E-state index contributed by atoms with van der Waals surface area (Å²) in [5.74, 6) is -0.446. The molecule has 1 aromatic carbocycles. The van der Waals surface area contributed by atoms with Crippen LogP contribution in [0.2, 0.25) is 0 Å². The van der Waals surface area contributed by atoms with Gasteiger partial charge in [-0.05, 0) is 43.9 Å². The van der Waals surface area contributed by atoms with E-state index < -0.39 is 11.7 Å². The molecule has 156 valence electrons. The van der Waals surface area contributed by atoms with Crippen molar-refractivity contribution in [3.8, 4) is 0 Å². The molecule has 1 aliphatic heterocycles. The van der Waals surface area contributed by atoms with Crippen LogP contribution in [0.4, 0.5) is 4.79 Å². The van der Waals surface area contributed by atoms with Crippen LogP contribution in [0.1, 0.15) is 51.3 Å². The van der Waals surface area contributed by atoms with Crippen molar-refractivity contribution in [1.82, 2.24) is 10.2 Å². The van der Waals surface area contributed by atoms with E-state index in [0.29, 0.717) is 19.5 Å². The normalized spacial score (nSPS) is 12.9. The molecule has 0 bridgehead atoms. The van der Waals surface area contributed by atoms with Crippen molar-refractivity contribution >= 4 is 18.0 Å². The molecule has 2 amide bonds.